The SMILES string of the molecule is O=C(c1c(F)cc(F)cc1F)C1CCCC1. The lowest BCUT2D eigenvalue weighted by Gasteiger charge is -2.09. The number of benzene rings is 1. The molecular formula is C12H11F3O. The van der Waals surface area contributed by atoms with Gasteiger partial charge < -0.3 is 0 Å². The molecule has 0 aromatic heterocycles. The van der Waals surface area contributed by atoms with Crippen LogP contribution in [0.4, 0.5) is 13.2 Å². The molecule has 0 aliphatic heterocycles. The third-order valence-electron chi connectivity index (χ3n) is 2.98. The molecule has 1 aliphatic carbocycles. The minimum absolute atomic E-state index is 0.311. The summed E-state index contributed by atoms with van der Waals surface area (Å²) < 4.78 is 39.3. The Hall–Kier alpha value is -1.32. The lowest BCUT2D eigenvalue weighted by atomic mass is 9.95. The summed E-state index contributed by atoms with van der Waals surface area (Å²) in [6, 6.07) is 1.09. The van der Waals surface area contributed by atoms with Crippen LogP contribution in [0.15, 0.2) is 12.1 Å². The number of hydrogen-bond acceptors (Lipinski definition) is 1. The first-order valence-electron chi connectivity index (χ1n) is 5.28. The summed E-state index contributed by atoms with van der Waals surface area (Å²) in [6.07, 6.45) is 3.13. The monoisotopic (exact) mass is 228 g/mol. The first-order valence-corrected chi connectivity index (χ1v) is 5.28. The first kappa shape index (κ1) is 11.2. The molecular weight excluding hydrogens is 217 g/mol. The van der Waals surface area contributed by atoms with Gasteiger partial charge in [0.05, 0.1) is 5.56 Å². The Labute approximate surface area is 91.3 Å². The summed E-state index contributed by atoms with van der Waals surface area (Å²) in [5.74, 6) is -4.05. The largest absolute Gasteiger partial charge is 0.294 e. The second-order valence-corrected chi connectivity index (χ2v) is 4.09. The third kappa shape index (κ3) is 1.96. The summed E-state index contributed by atoms with van der Waals surface area (Å²) in [5, 5.41) is 0. The summed E-state index contributed by atoms with van der Waals surface area (Å²) >= 11 is 0. The number of halogens is 3. The van der Waals surface area contributed by atoms with E-state index in [4.69, 9.17) is 0 Å². The number of carbonyl (C=O) groups is 1. The van der Waals surface area contributed by atoms with Crippen LogP contribution >= 0.6 is 0 Å². The van der Waals surface area contributed by atoms with Crippen molar-refractivity contribution in [2.45, 2.75) is 25.7 Å². The average Bonchev–Trinajstić information content (AvgIpc) is 2.67. The molecule has 0 heterocycles. The molecule has 2 rings (SSSR count). The Morgan fingerprint density at radius 1 is 1.06 bits per heavy atom. The second-order valence-electron chi connectivity index (χ2n) is 4.09. The Balaban J connectivity index is 2.35. The topological polar surface area (TPSA) is 17.1 Å². The molecule has 0 bridgehead atoms. The summed E-state index contributed by atoms with van der Waals surface area (Å²) in [4.78, 5) is 11.8. The Morgan fingerprint density at radius 2 is 1.56 bits per heavy atom. The minimum atomic E-state index is -1.10. The second kappa shape index (κ2) is 4.28. The number of rotatable bonds is 2. The van der Waals surface area contributed by atoms with Crippen molar-refractivity contribution in [2.75, 3.05) is 0 Å². The number of Topliss-reactive ketones (excluding diaryl/α,β-unsaturated/α-hetero) is 1. The van der Waals surface area contributed by atoms with E-state index < -0.39 is 28.8 Å². The maximum Gasteiger partial charge on any atom is 0.171 e. The van der Waals surface area contributed by atoms with E-state index >= 15 is 0 Å². The van der Waals surface area contributed by atoms with E-state index in [1.807, 2.05) is 0 Å². The highest BCUT2D eigenvalue weighted by molar-refractivity contribution is 5.98. The molecule has 1 aromatic rings. The van der Waals surface area contributed by atoms with Crippen molar-refractivity contribution < 1.29 is 18.0 Å². The average molecular weight is 228 g/mol. The highest BCUT2D eigenvalue weighted by Gasteiger charge is 2.28. The molecule has 1 aliphatic rings. The number of carbonyl (C=O) groups excluding carboxylic acids is 1. The molecule has 0 atom stereocenters. The van der Waals surface area contributed by atoms with Gasteiger partial charge in [0.1, 0.15) is 17.5 Å². The van der Waals surface area contributed by atoms with Crippen LogP contribution < -0.4 is 0 Å². The van der Waals surface area contributed by atoms with Crippen LogP contribution in [0.3, 0.4) is 0 Å². The van der Waals surface area contributed by atoms with Crippen molar-refractivity contribution in [1.82, 2.24) is 0 Å². The van der Waals surface area contributed by atoms with E-state index in [1.54, 1.807) is 0 Å². The summed E-state index contributed by atoms with van der Waals surface area (Å²) in [7, 11) is 0. The molecule has 4 heteroatoms. The fraction of sp³-hybridized carbons (Fsp3) is 0.417. The maximum atomic E-state index is 13.3. The highest BCUT2D eigenvalue weighted by Crippen LogP contribution is 2.29. The molecule has 0 N–H and O–H groups in total. The zero-order valence-electron chi connectivity index (χ0n) is 8.60. The minimum Gasteiger partial charge on any atom is -0.294 e. The molecule has 0 radical (unpaired) electrons. The van der Waals surface area contributed by atoms with E-state index in [1.165, 1.54) is 0 Å². The van der Waals surface area contributed by atoms with Crippen LogP contribution in [0.25, 0.3) is 0 Å². The predicted molar refractivity (Wildman–Crippen MR) is 52.6 cm³/mol. The molecule has 1 aromatic carbocycles. The van der Waals surface area contributed by atoms with Crippen LogP contribution in [-0.4, -0.2) is 5.78 Å². The van der Waals surface area contributed by atoms with Gasteiger partial charge in [-0.1, -0.05) is 12.8 Å². The molecule has 0 saturated heterocycles. The first-order chi connectivity index (χ1) is 7.59. The van der Waals surface area contributed by atoms with Gasteiger partial charge in [-0.25, -0.2) is 13.2 Å². The number of ketones is 1. The van der Waals surface area contributed by atoms with Gasteiger partial charge in [-0.3, -0.25) is 4.79 Å². The van der Waals surface area contributed by atoms with Gasteiger partial charge in [0.25, 0.3) is 0 Å². The van der Waals surface area contributed by atoms with Crippen molar-refractivity contribution in [3.05, 3.63) is 35.1 Å². The van der Waals surface area contributed by atoms with Crippen molar-refractivity contribution in [2.24, 2.45) is 5.92 Å². The molecule has 1 saturated carbocycles. The molecule has 1 nitrogen and oxygen atoms in total. The summed E-state index contributed by atoms with van der Waals surface area (Å²) in [6.45, 7) is 0. The van der Waals surface area contributed by atoms with Gasteiger partial charge >= 0.3 is 0 Å². The maximum absolute atomic E-state index is 13.3. The Kier molecular flexibility index (Phi) is 2.99. The fourth-order valence-corrected chi connectivity index (χ4v) is 2.17. The van der Waals surface area contributed by atoms with Gasteiger partial charge in [-0.15, -0.1) is 0 Å². The Bertz CT molecular complexity index is 399. The van der Waals surface area contributed by atoms with Crippen molar-refractivity contribution in [3.8, 4) is 0 Å². The van der Waals surface area contributed by atoms with Crippen molar-refractivity contribution in [3.63, 3.8) is 0 Å². The van der Waals surface area contributed by atoms with E-state index in [0.29, 0.717) is 25.0 Å². The molecule has 0 amide bonds. The zero-order chi connectivity index (χ0) is 11.7. The van der Waals surface area contributed by atoms with E-state index in [2.05, 4.69) is 0 Å². The van der Waals surface area contributed by atoms with Crippen LogP contribution in [0.5, 0.6) is 0 Å². The smallest absolute Gasteiger partial charge is 0.171 e. The van der Waals surface area contributed by atoms with Crippen LogP contribution in [0.1, 0.15) is 36.0 Å². The van der Waals surface area contributed by atoms with Gasteiger partial charge in [0.2, 0.25) is 0 Å². The highest BCUT2D eigenvalue weighted by atomic mass is 19.1. The molecule has 86 valence electrons. The predicted octanol–water partition coefficient (Wildman–Crippen LogP) is 3.48. The normalized spacial score (nSPS) is 16.7. The molecule has 0 spiro atoms. The molecule has 0 unspecified atom stereocenters. The Morgan fingerprint density at radius 3 is 2.06 bits per heavy atom. The van der Waals surface area contributed by atoms with E-state index in [9.17, 15) is 18.0 Å². The van der Waals surface area contributed by atoms with Gasteiger partial charge in [-0.05, 0) is 12.8 Å². The zero-order valence-corrected chi connectivity index (χ0v) is 8.60. The molecule has 1 fully saturated rings. The third-order valence-corrected chi connectivity index (χ3v) is 2.98. The summed E-state index contributed by atoms with van der Waals surface area (Å²) in [5.41, 5.74) is -0.590. The van der Waals surface area contributed by atoms with Crippen LogP contribution in [0, 0.1) is 23.4 Å². The quantitative estimate of drug-likeness (QED) is 0.708. The lowest BCUT2D eigenvalue weighted by molar-refractivity contribution is 0.0914. The number of hydrogen-bond donors (Lipinski definition) is 0. The lowest BCUT2D eigenvalue weighted by Crippen LogP contribution is -2.15. The van der Waals surface area contributed by atoms with Crippen molar-refractivity contribution in [1.29, 1.82) is 0 Å². The van der Waals surface area contributed by atoms with Gasteiger partial charge in [-0.2, -0.15) is 0 Å². The van der Waals surface area contributed by atoms with E-state index in [-0.39, 0.29) is 5.92 Å². The van der Waals surface area contributed by atoms with Crippen molar-refractivity contribution >= 4 is 5.78 Å². The van der Waals surface area contributed by atoms with E-state index in [0.717, 1.165) is 12.8 Å². The van der Waals surface area contributed by atoms with Crippen LogP contribution in [0.2, 0.25) is 0 Å². The van der Waals surface area contributed by atoms with Gasteiger partial charge in [0, 0.05) is 18.1 Å². The van der Waals surface area contributed by atoms with Crippen LogP contribution in [-0.2, 0) is 0 Å². The standard InChI is InChI=1S/C12H11F3O/c13-8-5-9(14)11(10(15)6-8)12(16)7-3-1-2-4-7/h5-7H,1-4H2. The fourth-order valence-electron chi connectivity index (χ4n) is 2.17. The molecule has 16 heavy (non-hydrogen) atoms. The van der Waals surface area contributed by atoms with Gasteiger partial charge in [0.15, 0.2) is 5.78 Å².